The first-order valence-electron chi connectivity index (χ1n) is 6.45. The zero-order valence-corrected chi connectivity index (χ0v) is 12.4. The number of nitrogens with zero attached hydrogens (tertiary/aromatic N) is 1. The lowest BCUT2D eigenvalue weighted by Gasteiger charge is -2.20. The summed E-state index contributed by atoms with van der Waals surface area (Å²) >= 11 is 0. The second-order valence-electron chi connectivity index (χ2n) is 4.71. The third kappa shape index (κ3) is 4.22. The Kier molecular flexibility index (Phi) is 5.05. The maximum Gasteiger partial charge on any atom is 0.346 e. The smallest absolute Gasteiger partial charge is 0.323 e. The van der Waals surface area contributed by atoms with E-state index >= 15 is 0 Å². The number of benzene rings is 2. The van der Waals surface area contributed by atoms with Crippen molar-refractivity contribution in [1.29, 1.82) is 0 Å². The minimum absolute atomic E-state index is 0.179. The largest absolute Gasteiger partial charge is 0.346 e. The lowest BCUT2D eigenvalue weighted by molar-refractivity contribution is -0.384. The number of non-ortho nitro benzene ring substituents is 1. The van der Waals surface area contributed by atoms with Crippen molar-refractivity contribution in [2.75, 3.05) is 0 Å². The van der Waals surface area contributed by atoms with Gasteiger partial charge >= 0.3 is 7.60 Å². The second kappa shape index (κ2) is 6.81. The summed E-state index contributed by atoms with van der Waals surface area (Å²) < 4.78 is 11.7. The molecule has 1 atom stereocenters. The van der Waals surface area contributed by atoms with Gasteiger partial charge < -0.3 is 9.79 Å². The molecule has 0 spiro atoms. The molecule has 0 aliphatic rings. The van der Waals surface area contributed by atoms with Crippen LogP contribution in [0.4, 0.5) is 5.69 Å². The summed E-state index contributed by atoms with van der Waals surface area (Å²) in [6.07, 6.45) is 0. The predicted molar refractivity (Wildman–Crippen MR) is 81.2 cm³/mol. The van der Waals surface area contributed by atoms with E-state index in [0.29, 0.717) is 0 Å². The molecule has 0 fully saturated rings. The summed E-state index contributed by atoms with van der Waals surface area (Å²) in [6, 6.07) is 14.4. The van der Waals surface area contributed by atoms with Crippen molar-refractivity contribution in [3.05, 3.63) is 75.8 Å². The van der Waals surface area contributed by atoms with Crippen LogP contribution in [0.25, 0.3) is 0 Å². The summed E-state index contributed by atoms with van der Waals surface area (Å²) in [7, 11) is -4.52. The van der Waals surface area contributed by atoms with Crippen LogP contribution in [0.3, 0.4) is 0 Å². The Morgan fingerprint density at radius 2 is 1.82 bits per heavy atom. The zero-order valence-electron chi connectivity index (χ0n) is 11.5. The lowest BCUT2D eigenvalue weighted by atomic mass is 10.2. The quantitative estimate of drug-likeness (QED) is 0.428. The zero-order chi connectivity index (χ0) is 16.2. The molecule has 0 bridgehead atoms. The summed E-state index contributed by atoms with van der Waals surface area (Å²) in [5, 5.41) is 13.6. The summed E-state index contributed by atoms with van der Waals surface area (Å²) in [5.41, 5.74) is 0.822. The van der Waals surface area contributed by atoms with Crippen molar-refractivity contribution in [2.24, 2.45) is 0 Å². The SMILES string of the molecule is O=[N+]([O-])c1cccc(C(NCc2ccccc2)P(=O)(O)O)c1. The molecule has 2 rings (SSSR count). The van der Waals surface area contributed by atoms with Crippen LogP contribution in [-0.2, 0) is 11.1 Å². The van der Waals surface area contributed by atoms with Gasteiger partial charge in [0.15, 0.2) is 0 Å². The number of nitrogens with one attached hydrogen (secondary N) is 1. The highest BCUT2D eigenvalue weighted by Gasteiger charge is 2.30. The van der Waals surface area contributed by atoms with Crippen LogP contribution in [0.2, 0.25) is 0 Å². The highest BCUT2D eigenvalue weighted by molar-refractivity contribution is 7.52. The fourth-order valence-corrected chi connectivity index (χ4v) is 2.93. The molecule has 0 radical (unpaired) electrons. The topological polar surface area (TPSA) is 113 Å². The van der Waals surface area contributed by atoms with Gasteiger partial charge in [0, 0.05) is 18.7 Å². The van der Waals surface area contributed by atoms with Crippen LogP contribution < -0.4 is 5.32 Å². The van der Waals surface area contributed by atoms with E-state index in [1.807, 2.05) is 30.3 Å². The third-order valence-corrected chi connectivity index (χ3v) is 4.23. The van der Waals surface area contributed by atoms with E-state index in [1.165, 1.54) is 24.3 Å². The highest BCUT2D eigenvalue weighted by Crippen LogP contribution is 2.50. The summed E-state index contributed by atoms with van der Waals surface area (Å²) in [6.45, 7) is 0.235. The van der Waals surface area contributed by atoms with Gasteiger partial charge in [-0.05, 0) is 11.1 Å². The second-order valence-corrected chi connectivity index (χ2v) is 6.40. The van der Waals surface area contributed by atoms with E-state index in [2.05, 4.69) is 5.32 Å². The van der Waals surface area contributed by atoms with Gasteiger partial charge in [-0.2, -0.15) is 0 Å². The molecule has 0 amide bonds. The molecule has 0 aromatic heterocycles. The normalized spacial score (nSPS) is 12.8. The van der Waals surface area contributed by atoms with Gasteiger partial charge in [0.1, 0.15) is 5.78 Å². The Balaban J connectivity index is 2.25. The Morgan fingerprint density at radius 3 is 2.41 bits per heavy atom. The molecule has 116 valence electrons. The van der Waals surface area contributed by atoms with Gasteiger partial charge in [0.05, 0.1) is 4.92 Å². The molecule has 2 aromatic carbocycles. The first-order valence-corrected chi connectivity index (χ1v) is 8.13. The van der Waals surface area contributed by atoms with Crippen molar-refractivity contribution < 1.29 is 19.3 Å². The molecule has 1 unspecified atom stereocenters. The molecule has 0 aliphatic heterocycles. The Hall–Kier alpha value is -2.05. The molecule has 8 heteroatoms. The van der Waals surface area contributed by atoms with Crippen LogP contribution in [0.15, 0.2) is 54.6 Å². The van der Waals surface area contributed by atoms with E-state index < -0.39 is 18.3 Å². The molecular weight excluding hydrogens is 307 g/mol. The molecule has 0 aliphatic carbocycles. The molecule has 2 aromatic rings. The Bertz CT molecular complexity index is 701. The minimum Gasteiger partial charge on any atom is -0.323 e. The van der Waals surface area contributed by atoms with Gasteiger partial charge in [0.25, 0.3) is 5.69 Å². The minimum atomic E-state index is -4.52. The monoisotopic (exact) mass is 322 g/mol. The molecule has 0 saturated carbocycles. The molecule has 0 saturated heterocycles. The van der Waals surface area contributed by atoms with Crippen molar-refractivity contribution in [2.45, 2.75) is 12.3 Å². The van der Waals surface area contributed by atoms with E-state index in [9.17, 15) is 24.5 Å². The average Bonchev–Trinajstić information content (AvgIpc) is 2.47. The third-order valence-electron chi connectivity index (χ3n) is 3.08. The number of hydrogen-bond acceptors (Lipinski definition) is 4. The van der Waals surface area contributed by atoms with E-state index in [1.54, 1.807) is 0 Å². The molecule has 7 nitrogen and oxygen atoms in total. The van der Waals surface area contributed by atoms with Crippen LogP contribution in [0.1, 0.15) is 16.9 Å². The highest BCUT2D eigenvalue weighted by atomic mass is 31.2. The number of nitro benzene ring substituents is 1. The number of hydrogen-bond donors (Lipinski definition) is 3. The van der Waals surface area contributed by atoms with E-state index in [4.69, 9.17) is 0 Å². The standard InChI is InChI=1S/C14H15N2O5P/c17-16(18)13-8-4-7-12(9-13)14(22(19,20)21)15-10-11-5-2-1-3-6-11/h1-9,14-15H,10H2,(H2,19,20,21). The van der Waals surface area contributed by atoms with Crippen LogP contribution in [-0.4, -0.2) is 14.7 Å². The first-order chi connectivity index (χ1) is 10.4. The molecular formula is C14H15N2O5P. The van der Waals surface area contributed by atoms with Crippen LogP contribution >= 0.6 is 7.60 Å². The maximum absolute atomic E-state index is 11.7. The Morgan fingerprint density at radius 1 is 1.14 bits per heavy atom. The maximum atomic E-state index is 11.7. The molecule has 0 heterocycles. The average molecular weight is 322 g/mol. The van der Waals surface area contributed by atoms with Gasteiger partial charge in [-0.25, -0.2) is 0 Å². The predicted octanol–water partition coefficient (Wildman–Crippen LogP) is 2.56. The van der Waals surface area contributed by atoms with Crippen molar-refractivity contribution in [3.63, 3.8) is 0 Å². The van der Waals surface area contributed by atoms with E-state index in [0.717, 1.165) is 5.56 Å². The van der Waals surface area contributed by atoms with Gasteiger partial charge in [-0.3, -0.25) is 20.0 Å². The van der Waals surface area contributed by atoms with Crippen LogP contribution in [0.5, 0.6) is 0 Å². The van der Waals surface area contributed by atoms with Crippen LogP contribution in [0, 0.1) is 10.1 Å². The van der Waals surface area contributed by atoms with Crippen molar-refractivity contribution in [1.82, 2.24) is 5.32 Å². The number of rotatable bonds is 6. The van der Waals surface area contributed by atoms with Gasteiger partial charge in [-0.1, -0.05) is 42.5 Å². The Labute approximate surface area is 126 Å². The first kappa shape index (κ1) is 16.3. The number of nitro groups is 1. The van der Waals surface area contributed by atoms with E-state index in [-0.39, 0.29) is 17.8 Å². The molecule has 3 N–H and O–H groups in total. The van der Waals surface area contributed by atoms with Crippen molar-refractivity contribution in [3.8, 4) is 0 Å². The lowest BCUT2D eigenvalue weighted by Crippen LogP contribution is -2.21. The fourth-order valence-electron chi connectivity index (χ4n) is 2.05. The van der Waals surface area contributed by atoms with Crippen molar-refractivity contribution >= 4 is 13.3 Å². The van der Waals surface area contributed by atoms with Gasteiger partial charge in [0.2, 0.25) is 0 Å². The fraction of sp³-hybridized carbons (Fsp3) is 0.143. The van der Waals surface area contributed by atoms with Gasteiger partial charge in [-0.15, -0.1) is 0 Å². The molecule has 22 heavy (non-hydrogen) atoms. The summed E-state index contributed by atoms with van der Waals surface area (Å²) in [4.78, 5) is 29.2. The summed E-state index contributed by atoms with van der Waals surface area (Å²) in [5.74, 6) is -1.30.